The topological polar surface area (TPSA) is 0 Å². The number of halogens is 2. The van der Waals surface area contributed by atoms with Gasteiger partial charge < -0.3 is 24.8 Å². The maximum atomic E-state index is 3.48. The average Bonchev–Trinajstić information content (AvgIpc) is 3.47. The summed E-state index contributed by atoms with van der Waals surface area (Å²) in [4.78, 5) is 0. The van der Waals surface area contributed by atoms with Gasteiger partial charge in [-0.1, -0.05) is 53.9 Å². The molecule has 5 aromatic carbocycles. The van der Waals surface area contributed by atoms with Crippen LogP contribution in [0.15, 0.2) is 97.1 Å². The molecule has 0 saturated heterocycles. The SMILES string of the molecule is [CH2]=[Hf+2].[Cl-].[Cl-].[c-]1cccc2c1c1c(c3ccccc32)-c2ccccc2C1.c1cc[cH-]c1. The molecular formula is C27H20Cl2Hf-2. The Morgan fingerprint density at radius 1 is 0.733 bits per heavy atom. The summed E-state index contributed by atoms with van der Waals surface area (Å²) in [6.45, 7) is 0. The fourth-order valence-electron chi connectivity index (χ4n) is 4.05. The zero-order valence-electron chi connectivity index (χ0n) is 16.4. The minimum absolute atomic E-state index is 0. The van der Waals surface area contributed by atoms with Crippen molar-refractivity contribution in [1.29, 1.82) is 0 Å². The Bertz CT molecular complexity index is 1210. The second-order valence-electron chi connectivity index (χ2n) is 6.65. The third-order valence-corrected chi connectivity index (χ3v) is 5.16. The molecule has 0 atom stereocenters. The summed E-state index contributed by atoms with van der Waals surface area (Å²) in [5, 5.41) is 5.30. The number of hydrogen-bond acceptors (Lipinski definition) is 0. The monoisotopic (exact) mass is 594 g/mol. The van der Waals surface area contributed by atoms with Gasteiger partial charge in [0.15, 0.2) is 0 Å². The first-order valence-corrected chi connectivity index (χ1v) is 11.9. The molecule has 5 aromatic rings. The third kappa shape index (κ3) is 4.54. The standard InChI is InChI=1S/C21H13.C5H5.CH2.2ClH.Hf/c1-2-8-15-14(7-1)13-20-18-11-4-3-9-16(18)17-10-5-6-12-19(17)21(15)20;1-2-4-5-3-1;;;;/h1-10,12H,13H2;1-5H;1H2;2*1H;/q2*-1;;;;+2/p-2. The van der Waals surface area contributed by atoms with Crippen LogP contribution >= 0.6 is 0 Å². The summed E-state index contributed by atoms with van der Waals surface area (Å²) in [7, 11) is 0. The normalized spacial score (nSPS) is 10.3. The molecule has 3 heteroatoms. The van der Waals surface area contributed by atoms with E-state index in [9.17, 15) is 0 Å². The second kappa shape index (κ2) is 11.5. The van der Waals surface area contributed by atoms with Gasteiger partial charge in [-0.2, -0.15) is 18.2 Å². The van der Waals surface area contributed by atoms with Gasteiger partial charge in [0.1, 0.15) is 0 Å². The zero-order chi connectivity index (χ0) is 19.3. The first kappa shape index (κ1) is 24.3. The maximum absolute atomic E-state index is 3.48. The van der Waals surface area contributed by atoms with Crippen molar-refractivity contribution in [3.8, 4) is 11.1 Å². The summed E-state index contributed by atoms with van der Waals surface area (Å²) in [6, 6.07) is 37.3. The van der Waals surface area contributed by atoms with Crippen LogP contribution in [0.4, 0.5) is 0 Å². The van der Waals surface area contributed by atoms with Crippen molar-refractivity contribution in [3.63, 3.8) is 0 Å². The molecule has 0 aromatic heterocycles. The molecular weight excluding hydrogens is 574 g/mol. The quantitative estimate of drug-likeness (QED) is 0.139. The van der Waals surface area contributed by atoms with E-state index in [4.69, 9.17) is 0 Å². The summed E-state index contributed by atoms with van der Waals surface area (Å²) >= 11 is 1.06. The molecule has 0 unspecified atom stereocenters. The molecule has 0 amide bonds. The Balaban J connectivity index is 0.000000311. The van der Waals surface area contributed by atoms with E-state index in [0.29, 0.717) is 0 Å². The van der Waals surface area contributed by atoms with E-state index in [1.165, 1.54) is 43.8 Å². The predicted octanol–water partition coefficient (Wildman–Crippen LogP) is 0.743. The molecule has 148 valence electrons. The Morgan fingerprint density at radius 3 is 2.07 bits per heavy atom. The van der Waals surface area contributed by atoms with Crippen LogP contribution in [-0.2, 0) is 30.3 Å². The molecule has 0 fully saturated rings. The fraction of sp³-hybridized carbons (Fsp3) is 0.0370. The van der Waals surface area contributed by atoms with Crippen molar-refractivity contribution in [2.75, 3.05) is 0 Å². The van der Waals surface area contributed by atoms with E-state index in [0.717, 1.165) is 30.3 Å². The molecule has 6 rings (SSSR count). The molecule has 30 heavy (non-hydrogen) atoms. The number of fused-ring (bicyclic) bond motifs is 8. The van der Waals surface area contributed by atoms with Crippen molar-refractivity contribution >= 4 is 25.8 Å². The van der Waals surface area contributed by atoms with E-state index in [2.05, 4.69) is 71.0 Å². The van der Waals surface area contributed by atoms with Crippen LogP contribution in [-0.4, -0.2) is 4.26 Å². The molecule has 0 heterocycles. The zero-order valence-corrected chi connectivity index (χ0v) is 21.5. The van der Waals surface area contributed by atoms with Crippen LogP contribution in [0.1, 0.15) is 11.1 Å². The van der Waals surface area contributed by atoms with E-state index >= 15 is 0 Å². The minimum Gasteiger partial charge on any atom is -1.00 e. The number of rotatable bonds is 0. The average molecular weight is 594 g/mol. The molecule has 0 nitrogen and oxygen atoms in total. The summed E-state index contributed by atoms with van der Waals surface area (Å²) in [6.07, 6.45) is 1.02. The van der Waals surface area contributed by atoms with E-state index in [1.807, 2.05) is 36.4 Å². The fourth-order valence-corrected chi connectivity index (χ4v) is 4.05. The van der Waals surface area contributed by atoms with Crippen LogP contribution in [0.3, 0.4) is 0 Å². The Hall–Kier alpha value is -1.93. The van der Waals surface area contributed by atoms with Gasteiger partial charge in [0.25, 0.3) is 0 Å². The number of hydrogen-bond donors (Lipinski definition) is 0. The Kier molecular flexibility index (Phi) is 9.30. The molecule has 0 N–H and O–H groups in total. The van der Waals surface area contributed by atoms with Crippen LogP contribution in [0.5, 0.6) is 0 Å². The Morgan fingerprint density at radius 2 is 1.37 bits per heavy atom. The van der Waals surface area contributed by atoms with E-state index in [-0.39, 0.29) is 24.8 Å². The summed E-state index contributed by atoms with van der Waals surface area (Å²) in [5.74, 6) is 0. The third-order valence-electron chi connectivity index (χ3n) is 5.16. The van der Waals surface area contributed by atoms with Crippen LogP contribution in [0, 0.1) is 6.07 Å². The van der Waals surface area contributed by atoms with Gasteiger partial charge in [-0.3, -0.25) is 0 Å². The van der Waals surface area contributed by atoms with Gasteiger partial charge >= 0.3 is 28.2 Å². The molecule has 0 radical (unpaired) electrons. The van der Waals surface area contributed by atoms with Gasteiger partial charge in [0.2, 0.25) is 0 Å². The molecule has 0 spiro atoms. The van der Waals surface area contributed by atoms with Crippen molar-refractivity contribution in [2.45, 2.75) is 6.42 Å². The molecule has 1 aliphatic carbocycles. The smallest absolute Gasteiger partial charge is 0.0240 e. The molecule has 0 bridgehead atoms. The van der Waals surface area contributed by atoms with Crippen molar-refractivity contribution in [2.24, 2.45) is 0 Å². The summed E-state index contributed by atoms with van der Waals surface area (Å²) in [5.41, 5.74) is 5.67. The Labute approximate surface area is 205 Å². The number of benzene rings is 4. The first-order chi connectivity index (χ1) is 13.9. The van der Waals surface area contributed by atoms with Gasteiger partial charge in [-0.25, -0.2) is 12.1 Å². The van der Waals surface area contributed by atoms with Crippen LogP contribution < -0.4 is 24.8 Å². The first-order valence-electron chi connectivity index (χ1n) is 9.38. The maximum Gasteiger partial charge on any atom is -0.0240 e. The second-order valence-corrected chi connectivity index (χ2v) is 6.65. The van der Waals surface area contributed by atoms with Crippen LogP contribution in [0.2, 0.25) is 0 Å². The summed E-state index contributed by atoms with van der Waals surface area (Å²) < 4.78 is 3.39. The van der Waals surface area contributed by atoms with Gasteiger partial charge in [-0.05, 0) is 28.5 Å². The van der Waals surface area contributed by atoms with Gasteiger partial charge in [0.05, 0.1) is 0 Å². The van der Waals surface area contributed by atoms with Crippen LogP contribution in [0.25, 0.3) is 32.7 Å². The largest absolute Gasteiger partial charge is 1.00 e. The van der Waals surface area contributed by atoms with Crippen molar-refractivity contribution < 1.29 is 48.7 Å². The van der Waals surface area contributed by atoms with E-state index in [1.54, 1.807) is 0 Å². The minimum atomic E-state index is 0. The van der Waals surface area contributed by atoms with E-state index < -0.39 is 0 Å². The molecule has 0 aliphatic heterocycles. The predicted molar refractivity (Wildman–Crippen MR) is 118 cm³/mol. The molecule has 0 saturated carbocycles. The van der Waals surface area contributed by atoms with Gasteiger partial charge in [-0.15, -0.1) is 40.6 Å². The van der Waals surface area contributed by atoms with Crippen molar-refractivity contribution in [1.82, 2.24) is 0 Å². The van der Waals surface area contributed by atoms with Crippen molar-refractivity contribution in [3.05, 3.63) is 114 Å². The van der Waals surface area contributed by atoms with Gasteiger partial charge in [0, 0.05) is 0 Å². The molecule has 1 aliphatic rings.